The van der Waals surface area contributed by atoms with Gasteiger partial charge in [-0.3, -0.25) is 4.79 Å². The summed E-state index contributed by atoms with van der Waals surface area (Å²) in [5.74, 6) is -0.231. The molecule has 0 saturated carbocycles. The van der Waals surface area contributed by atoms with Crippen molar-refractivity contribution in [3.8, 4) is 0 Å². The Morgan fingerprint density at radius 1 is 1.47 bits per heavy atom. The molecule has 1 heterocycles. The molecule has 0 fully saturated rings. The maximum absolute atomic E-state index is 11.3. The first-order valence-corrected chi connectivity index (χ1v) is 6.67. The van der Waals surface area contributed by atoms with E-state index >= 15 is 0 Å². The molecule has 0 unspecified atom stereocenters. The van der Waals surface area contributed by atoms with E-state index in [1.807, 2.05) is 6.07 Å². The smallest absolute Gasteiger partial charge is 0.307 e. The number of thiophene rings is 1. The van der Waals surface area contributed by atoms with Crippen LogP contribution in [0.2, 0.25) is 0 Å². The van der Waals surface area contributed by atoms with E-state index in [2.05, 4.69) is 26.8 Å². The van der Waals surface area contributed by atoms with Crippen LogP contribution in [0.4, 0.5) is 0 Å². The average molecular weight is 255 g/mol. The fourth-order valence-corrected chi connectivity index (χ4v) is 2.52. The largest absolute Gasteiger partial charge is 0.466 e. The van der Waals surface area contributed by atoms with E-state index in [1.54, 1.807) is 18.3 Å². The fourth-order valence-electron chi connectivity index (χ4n) is 1.46. The van der Waals surface area contributed by atoms with Gasteiger partial charge in [0.25, 0.3) is 0 Å². The van der Waals surface area contributed by atoms with Crippen LogP contribution in [0.3, 0.4) is 0 Å². The van der Waals surface area contributed by atoms with Crippen LogP contribution in [0.25, 0.3) is 0 Å². The Hall–Kier alpha value is -0.870. The molecular weight excluding hydrogens is 234 g/mol. The Morgan fingerprint density at radius 2 is 2.12 bits per heavy atom. The van der Waals surface area contributed by atoms with Crippen LogP contribution < -0.4 is 5.73 Å². The van der Waals surface area contributed by atoms with Gasteiger partial charge in [-0.05, 0) is 24.5 Å². The number of ether oxygens (including phenoxy) is 1. The van der Waals surface area contributed by atoms with Gasteiger partial charge in [-0.15, -0.1) is 11.3 Å². The number of carbonyl (C=O) groups excluding carboxylic acids is 1. The van der Waals surface area contributed by atoms with Crippen LogP contribution in [-0.2, 0) is 14.9 Å². The molecule has 0 radical (unpaired) electrons. The van der Waals surface area contributed by atoms with Crippen LogP contribution in [-0.4, -0.2) is 12.6 Å². The Balaban J connectivity index is 2.67. The van der Waals surface area contributed by atoms with Crippen LogP contribution in [0.15, 0.2) is 12.1 Å². The summed E-state index contributed by atoms with van der Waals surface area (Å²) >= 11 is 1.68. The van der Waals surface area contributed by atoms with Crippen molar-refractivity contribution in [1.29, 1.82) is 0 Å². The molecule has 1 aromatic heterocycles. The van der Waals surface area contributed by atoms with Gasteiger partial charge in [-0.25, -0.2) is 0 Å². The molecule has 0 spiro atoms. The molecule has 0 aliphatic carbocycles. The van der Waals surface area contributed by atoms with Crippen molar-refractivity contribution in [3.05, 3.63) is 21.9 Å². The zero-order valence-electron chi connectivity index (χ0n) is 10.9. The first-order chi connectivity index (χ1) is 7.84. The second-order valence-corrected chi connectivity index (χ2v) is 6.18. The van der Waals surface area contributed by atoms with Gasteiger partial charge >= 0.3 is 5.97 Å². The maximum Gasteiger partial charge on any atom is 0.307 e. The zero-order chi connectivity index (χ0) is 13.1. The standard InChI is InChI=1S/C13H21NO2S/c1-5-16-12(15)8-9(14)10-6-7-11(17-10)13(2,3)4/h6-7,9H,5,8,14H2,1-4H3/t9-/m0/s1. The van der Waals surface area contributed by atoms with Crippen molar-refractivity contribution in [3.63, 3.8) is 0 Å². The van der Waals surface area contributed by atoms with Gasteiger partial charge in [0.15, 0.2) is 0 Å². The highest BCUT2D eigenvalue weighted by Gasteiger charge is 2.19. The lowest BCUT2D eigenvalue weighted by Crippen LogP contribution is -2.16. The number of carbonyl (C=O) groups is 1. The first-order valence-electron chi connectivity index (χ1n) is 5.86. The Kier molecular flexibility index (Phi) is 4.71. The third-order valence-electron chi connectivity index (χ3n) is 2.42. The molecule has 0 amide bonds. The molecule has 0 aliphatic heterocycles. The monoisotopic (exact) mass is 255 g/mol. The topological polar surface area (TPSA) is 52.3 Å². The molecule has 0 aliphatic rings. The minimum absolute atomic E-state index is 0.132. The lowest BCUT2D eigenvalue weighted by molar-refractivity contribution is -0.143. The van der Waals surface area contributed by atoms with Gasteiger partial charge in [0.1, 0.15) is 0 Å². The van der Waals surface area contributed by atoms with E-state index in [9.17, 15) is 4.79 Å². The highest BCUT2D eigenvalue weighted by atomic mass is 32.1. The summed E-state index contributed by atoms with van der Waals surface area (Å²) in [5, 5.41) is 0. The molecule has 1 atom stereocenters. The molecule has 2 N–H and O–H groups in total. The first kappa shape index (κ1) is 14.2. The lowest BCUT2D eigenvalue weighted by Gasteiger charge is -2.15. The average Bonchev–Trinajstić information content (AvgIpc) is 2.65. The van der Waals surface area contributed by atoms with Crippen LogP contribution in [0.5, 0.6) is 0 Å². The van der Waals surface area contributed by atoms with Gasteiger partial charge in [-0.1, -0.05) is 20.8 Å². The highest BCUT2D eigenvalue weighted by Crippen LogP contribution is 2.32. The second kappa shape index (κ2) is 5.65. The summed E-state index contributed by atoms with van der Waals surface area (Å²) < 4.78 is 4.89. The van der Waals surface area contributed by atoms with E-state index < -0.39 is 0 Å². The molecule has 96 valence electrons. The second-order valence-electron chi connectivity index (χ2n) is 5.07. The Bertz CT molecular complexity index is 379. The van der Waals surface area contributed by atoms with Gasteiger partial charge in [-0.2, -0.15) is 0 Å². The van der Waals surface area contributed by atoms with Crippen LogP contribution >= 0.6 is 11.3 Å². The minimum atomic E-state index is -0.254. The highest BCUT2D eigenvalue weighted by molar-refractivity contribution is 7.12. The molecule has 0 aromatic carbocycles. The minimum Gasteiger partial charge on any atom is -0.466 e. The number of rotatable bonds is 4. The van der Waals surface area contributed by atoms with E-state index in [0.717, 1.165) is 4.88 Å². The Morgan fingerprint density at radius 3 is 2.59 bits per heavy atom. The lowest BCUT2D eigenvalue weighted by atomic mass is 9.95. The van der Waals surface area contributed by atoms with Gasteiger partial charge < -0.3 is 10.5 Å². The summed E-state index contributed by atoms with van der Waals surface area (Å²) in [7, 11) is 0. The van der Waals surface area contributed by atoms with Gasteiger partial charge in [0.2, 0.25) is 0 Å². The van der Waals surface area contributed by atoms with Crippen molar-refractivity contribution in [2.45, 2.75) is 45.6 Å². The molecule has 1 aromatic rings. The fraction of sp³-hybridized carbons (Fsp3) is 0.615. The van der Waals surface area contributed by atoms with Gasteiger partial charge in [0, 0.05) is 15.8 Å². The van der Waals surface area contributed by atoms with E-state index in [4.69, 9.17) is 10.5 Å². The summed E-state index contributed by atoms with van der Waals surface area (Å²) in [6, 6.07) is 3.84. The predicted molar refractivity (Wildman–Crippen MR) is 71.2 cm³/mol. The van der Waals surface area contributed by atoms with Crippen molar-refractivity contribution >= 4 is 17.3 Å². The summed E-state index contributed by atoms with van der Waals surface area (Å²) in [4.78, 5) is 13.7. The zero-order valence-corrected chi connectivity index (χ0v) is 11.8. The molecule has 17 heavy (non-hydrogen) atoms. The van der Waals surface area contributed by atoms with Crippen molar-refractivity contribution in [2.75, 3.05) is 6.61 Å². The quantitative estimate of drug-likeness (QED) is 0.841. The van der Waals surface area contributed by atoms with E-state index in [-0.39, 0.29) is 23.8 Å². The van der Waals surface area contributed by atoms with E-state index in [1.165, 1.54) is 4.88 Å². The number of esters is 1. The molecular formula is C13H21NO2S. The third-order valence-corrected chi connectivity index (χ3v) is 4.07. The number of hydrogen-bond donors (Lipinski definition) is 1. The van der Waals surface area contributed by atoms with Crippen LogP contribution in [0.1, 0.15) is 49.9 Å². The van der Waals surface area contributed by atoms with Gasteiger partial charge in [0.05, 0.1) is 13.0 Å². The molecule has 0 saturated heterocycles. The van der Waals surface area contributed by atoms with Crippen molar-refractivity contribution in [1.82, 2.24) is 0 Å². The van der Waals surface area contributed by atoms with Crippen molar-refractivity contribution in [2.24, 2.45) is 5.73 Å². The Labute approximate surface area is 107 Å². The molecule has 0 bridgehead atoms. The van der Waals surface area contributed by atoms with Crippen molar-refractivity contribution < 1.29 is 9.53 Å². The molecule has 1 rings (SSSR count). The third kappa shape index (κ3) is 4.13. The maximum atomic E-state index is 11.3. The van der Waals surface area contributed by atoms with Crippen LogP contribution in [0, 0.1) is 0 Å². The number of hydrogen-bond acceptors (Lipinski definition) is 4. The summed E-state index contributed by atoms with van der Waals surface area (Å²) in [5.41, 5.74) is 6.12. The number of nitrogens with two attached hydrogens (primary N) is 1. The normalized spacial score (nSPS) is 13.5. The molecule has 3 nitrogen and oxygen atoms in total. The summed E-state index contributed by atoms with van der Waals surface area (Å²) in [6.07, 6.45) is 0.248. The predicted octanol–water partition coefficient (Wildman–Crippen LogP) is 3.00. The molecule has 4 heteroatoms. The van der Waals surface area contributed by atoms with E-state index in [0.29, 0.717) is 6.61 Å². The SMILES string of the molecule is CCOC(=O)C[C@H](N)c1ccc(C(C)(C)C)s1. The summed E-state index contributed by atoms with van der Waals surface area (Å²) in [6.45, 7) is 8.70.